The Kier molecular flexibility index (Phi) is 5.19. The molecule has 7 nitrogen and oxygen atoms in total. The summed E-state index contributed by atoms with van der Waals surface area (Å²) in [6.07, 6.45) is 6.53. The summed E-state index contributed by atoms with van der Waals surface area (Å²) >= 11 is 0. The lowest BCUT2D eigenvalue weighted by Crippen LogP contribution is -2.31. The zero-order valence-corrected chi connectivity index (χ0v) is 13.4. The second-order valence-electron chi connectivity index (χ2n) is 5.97. The van der Waals surface area contributed by atoms with Gasteiger partial charge in [0.15, 0.2) is 5.82 Å². The third-order valence-corrected chi connectivity index (χ3v) is 4.05. The number of hydrogen-bond donors (Lipinski definition) is 2. The molecule has 24 heavy (non-hydrogen) atoms. The summed E-state index contributed by atoms with van der Waals surface area (Å²) in [6.45, 7) is -0.678. The van der Waals surface area contributed by atoms with Gasteiger partial charge in [0.1, 0.15) is 5.82 Å². The Morgan fingerprint density at radius 2 is 2.12 bits per heavy atom. The molecule has 0 saturated carbocycles. The van der Waals surface area contributed by atoms with Gasteiger partial charge in [0, 0.05) is 12.3 Å². The highest BCUT2D eigenvalue weighted by atomic mass is 19.3. The third kappa shape index (κ3) is 4.60. The summed E-state index contributed by atoms with van der Waals surface area (Å²) < 4.78 is 28.5. The number of aromatic nitrogens is 4. The Hall–Kier alpha value is -2.29. The molecule has 3 heterocycles. The van der Waals surface area contributed by atoms with E-state index in [9.17, 15) is 8.78 Å². The molecule has 2 aromatic rings. The largest absolute Gasteiger partial charge is 0.417 e. The number of H-pyrrole nitrogens is 1. The van der Waals surface area contributed by atoms with Crippen molar-refractivity contribution in [2.24, 2.45) is 5.92 Å². The lowest BCUT2D eigenvalue weighted by Gasteiger charge is -2.28. The van der Waals surface area contributed by atoms with Gasteiger partial charge in [-0.3, -0.25) is 4.98 Å². The maximum absolute atomic E-state index is 12.1. The van der Waals surface area contributed by atoms with Crippen molar-refractivity contribution in [1.29, 1.82) is 0 Å². The first-order valence-electron chi connectivity index (χ1n) is 7.85. The molecule has 0 amide bonds. The number of ether oxygens (including phenoxy) is 1. The van der Waals surface area contributed by atoms with Crippen molar-refractivity contribution < 1.29 is 13.5 Å². The first-order valence-corrected chi connectivity index (χ1v) is 7.85. The molecule has 0 bridgehead atoms. The molecule has 0 atom stereocenters. The van der Waals surface area contributed by atoms with Crippen molar-refractivity contribution in [1.82, 2.24) is 25.1 Å². The van der Waals surface area contributed by atoms with Gasteiger partial charge >= 0.3 is 6.61 Å². The van der Waals surface area contributed by atoms with E-state index in [-0.39, 0.29) is 5.88 Å². The summed E-state index contributed by atoms with van der Waals surface area (Å²) in [5, 5.41) is 9.16. The predicted molar refractivity (Wildman–Crippen MR) is 84.5 cm³/mol. The lowest BCUT2D eigenvalue weighted by atomic mass is 9.92. The predicted octanol–water partition coefficient (Wildman–Crippen LogP) is 2.43. The van der Waals surface area contributed by atoms with Crippen molar-refractivity contribution in [2.75, 3.05) is 25.5 Å². The molecule has 0 spiro atoms. The van der Waals surface area contributed by atoms with Crippen LogP contribution in [0.3, 0.4) is 0 Å². The van der Waals surface area contributed by atoms with Crippen LogP contribution in [0.5, 0.6) is 5.88 Å². The van der Waals surface area contributed by atoms with E-state index in [0.717, 1.165) is 38.0 Å². The molecule has 0 radical (unpaired) electrons. The lowest BCUT2D eigenvalue weighted by molar-refractivity contribution is -0.0528. The minimum absolute atomic E-state index is 0.108. The Morgan fingerprint density at radius 3 is 2.88 bits per heavy atom. The maximum Gasteiger partial charge on any atom is 0.388 e. The summed E-state index contributed by atoms with van der Waals surface area (Å²) in [5.41, 5.74) is 0.911. The summed E-state index contributed by atoms with van der Waals surface area (Å²) in [7, 11) is 2.14. The van der Waals surface area contributed by atoms with Gasteiger partial charge in [-0.25, -0.2) is 10.1 Å². The van der Waals surface area contributed by atoms with E-state index in [4.69, 9.17) is 0 Å². The van der Waals surface area contributed by atoms with E-state index in [1.54, 1.807) is 12.4 Å². The van der Waals surface area contributed by atoms with Gasteiger partial charge < -0.3 is 15.0 Å². The fourth-order valence-corrected chi connectivity index (χ4v) is 2.78. The molecule has 9 heteroatoms. The fraction of sp³-hybridized carbons (Fsp3) is 0.533. The zero-order valence-electron chi connectivity index (χ0n) is 13.4. The van der Waals surface area contributed by atoms with E-state index >= 15 is 0 Å². The summed E-state index contributed by atoms with van der Waals surface area (Å²) in [5.74, 6) is 1.37. The van der Waals surface area contributed by atoms with Crippen LogP contribution in [-0.2, 0) is 6.42 Å². The van der Waals surface area contributed by atoms with Crippen molar-refractivity contribution in [3.05, 3.63) is 24.2 Å². The van der Waals surface area contributed by atoms with Gasteiger partial charge in [-0.05, 0) is 45.3 Å². The van der Waals surface area contributed by atoms with Crippen LogP contribution in [0.1, 0.15) is 18.5 Å². The normalized spacial score (nSPS) is 16.5. The topological polar surface area (TPSA) is 79.0 Å². The van der Waals surface area contributed by atoms with E-state index in [1.165, 1.54) is 6.07 Å². The number of nitrogens with one attached hydrogen (secondary N) is 2. The number of aromatic amines is 1. The smallest absolute Gasteiger partial charge is 0.388 e. The van der Waals surface area contributed by atoms with Gasteiger partial charge in [0.2, 0.25) is 5.88 Å². The Morgan fingerprint density at radius 1 is 1.33 bits per heavy atom. The molecule has 2 N–H and O–H groups in total. The van der Waals surface area contributed by atoms with Crippen LogP contribution in [-0.4, -0.2) is 51.8 Å². The maximum atomic E-state index is 12.1. The highest BCUT2D eigenvalue weighted by Crippen LogP contribution is 2.21. The molecule has 2 aromatic heterocycles. The molecular formula is C15H20F2N6O. The molecule has 0 unspecified atom stereocenters. The van der Waals surface area contributed by atoms with Crippen molar-refractivity contribution in [3.8, 4) is 5.88 Å². The standard InChI is InChI=1S/C15H20F2N6O/c1-23-4-2-10(3-5-23)6-11-8-18-9-13(19-11)20-12-7-14(22-21-12)24-15(16)17/h7-10,15H,2-6H2,1H3,(H2,19,20,21,22). The number of piperidine rings is 1. The Bertz CT molecular complexity index is 657. The van der Waals surface area contributed by atoms with Crippen LogP contribution >= 0.6 is 0 Å². The molecule has 0 aliphatic carbocycles. The van der Waals surface area contributed by atoms with Crippen molar-refractivity contribution in [2.45, 2.75) is 25.9 Å². The molecule has 130 valence electrons. The number of halogens is 2. The van der Waals surface area contributed by atoms with Gasteiger partial charge in [0.25, 0.3) is 0 Å². The van der Waals surface area contributed by atoms with Crippen molar-refractivity contribution >= 4 is 11.6 Å². The zero-order chi connectivity index (χ0) is 16.9. The SMILES string of the molecule is CN1CCC(Cc2cncc(Nc3cc(OC(F)F)[nH]n3)n2)CC1. The number of anilines is 2. The minimum Gasteiger partial charge on any atom is -0.417 e. The van der Waals surface area contributed by atoms with Gasteiger partial charge in [-0.2, -0.15) is 13.9 Å². The first kappa shape index (κ1) is 16.6. The second kappa shape index (κ2) is 7.52. The average Bonchev–Trinajstić information content (AvgIpc) is 2.96. The second-order valence-corrected chi connectivity index (χ2v) is 5.97. The summed E-state index contributed by atoms with van der Waals surface area (Å²) in [4.78, 5) is 11.0. The number of rotatable bonds is 6. The van der Waals surface area contributed by atoms with Crippen LogP contribution < -0.4 is 10.1 Å². The van der Waals surface area contributed by atoms with Crippen LogP contribution in [0, 0.1) is 5.92 Å². The van der Waals surface area contributed by atoms with E-state index in [1.807, 2.05) is 0 Å². The Balaban J connectivity index is 1.59. The molecule has 0 aromatic carbocycles. The molecule has 1 aliphatic rings. The van der Waals surface area contributed by atoms with Crippen LogP contribution in [0.15, 0.2) is 18.5 Å². The van der Waals surface area contributed by atoms with Crippen LogP contribution in [0.4, 0.5) is 20.4 Å². The van der Waals surface area contributed by atoms with Gasteiger partial charge in [0.05, 0.1) is 11.9 Å². The molecule has 1 aliphatic heterocycles. The Labute approximate surface area is 138 Å². The van der Waals surface area contributed by atoms with Gasteiger partial charge in [-0.15, -0.1) is 0 Å². The quantitative estimate of drug-likeness (QED) is 0.842. The minimum atomic E-state index is -2.89. The van der Waals surface area contributed by atoms with Crippen LogP contribution in [0.25, 0.3) is 0 Å². The number of hydrogen-bond acceptors (Lipinski definition) is 6. The first-order chi connectivity index (χ1) is 11.6. The summed E-state index contributed by atoms with van der Waals surface area (Å²) in [6, 6.07) is 1.34. The number of likely N-dealkylation sites (tertiary alicyclic amines) is 1. The molecule has 1 fully saturated rings. The highest BCUT2D eigenvalue weighted by Gasteiger charge is 2.18. The highest BCUT2D eigenvalue weighted by molar-refractivity contribution is 5.51. The van der Waals surface area contributed by atoms with E-state index in [0.29, 0.717) is 17.6 Å². The third-order valence-electron chi connectivity index (χ3n) is 4.05. The average molecular weight is 338 g/mol. The van der Waals surface area contributed by atoms with Gasteiger partial charge in [-0.1, -0.05) is 0 Å². The number of alkyl halides is 2. The van der Waals surface area contributed by atoms with Crippen molar-refractivity contribution in [3.63, 3.8) is 0 Å². The molecular weight excluding hydrogens is 318 g/mol. The molecule has 1 saturated heterocycles. The van der Waals surface area contributed by atoms with E-state index in [2.05, 4.69) is 42.2 Å². The number of nitrogens with zero attached hydrogens (tertiary/aromatic N) is 4. The van der Waals surface area contributed by atoms with Crippen LogP contribution in [0.2, 0.25) is 0 Å². The monoisotopic (exact) mass is 338 g/mol. The molecule has 3 rings (SSSR count). The fourth-order valence-electron chi connectivity index (χ4n) is 2.78. The van der Waals surface area contributed by atoms with E-state index < -0.39 is 6.61 Å².